The van der Waals surface area contributed by atoms with Gasteiger partial charge in [0.2, 0.25) is 0 Å². The van der Waals surface area contributed by atoms with Crippen molar-refractivity contribution in [3.8, 4) is 11.4 Å². The molecule has 1 aromatic heterocycles. The van der Waals surface area contributed by atoms with Gasteiger partial charge in [-0.05, 0) is 12.8 Å². The van der Waals surface area contributed by atoms with Gasteiger partial charge in [0.05, 0.1) is 4.92 Å². The van der Waals surface area contributed by atoms with Gasteiger partial charge >= 0.3 is 0 Å². The largest absolute Gasteiger partial charge is 0.388 e. The number of aromatic nitrogens is 3. The quantitative estimate of drug-likeness (QED) is 0.666. The second-order valence-corrected chi connectivity index (χ2v) is 4.51. The second-order valence-electron chi connectivity index (χ2n) is 4.51. The summed E-state index contributed by atoms with van der Waals surface area (Å²) in [5.74, 6) is 1.08. The smallest absolute Gasteiger partial charge is 0.270 e. The van der Waals surface area contributed by atoms with Crippen molar-refractivity contribution >= 4 is 5.69 Å². The van der Waals surface area contributed by atoms with Gasteiger partial charge in [-0.15, -0.1) is 10.2 Å². The van der Waals surface area contributed by atoms with E-state index in [0.29, 0.717) is 23.3 Å². The first-order valence-corrected chi connectivity index (χ1v) is 6.00. The van der Waals surface area contributed by atoms with Crippen molar-refractivity contribution in [1.82, 2.24) is 14.8 Å². The van der Waals surface area contributed by atoms with E-state index in [2.05, 4.69) is 10.2 Å². The number of non-ortho nitro benzene ring substituents is 1. The number of nitrogens with zero attached hydrogens (tertiary/aromatic N) is 4. The number of nitro groups is 1. The summed E-state index contributed by atoms with van der Waals surface area (Å²) in [5, 5.41) is 28.1. The van der Waals surface area contributed by atoms with Gasteiger partial charge in [0.15, 0.2) is 11.6 Å². The maximum atomic E-state index is 10.8. The Balaban J connectivity index is 2.09. The molecular weight excluding hydrogens is 248 g/mol. The van der Waals surface area contributed by atoms with E-state index < -0.39 is 4.92 Å². The molecule has 1 aliphatic carbocycles. The van der Waals surface area contributed by atoms with E-state index >= 15 is 0 Å². The third-order valence-electron chi connectivity index (χ3n) is 3.14. The Morgan fingerprint density at radius 2 is 2.21 bits per heavy atom. The monoisotopic (exact) mass is 260 g/mol. The first-order valence-electron chi connectivity index (χ1n) is 6.00. The molecule has 3 rings (SSSR count). The number of rotatable bonds is 4. The van der Waals surface area contributed by atoms with E-state index in [1.54, 1.807) is 12.1 Å². The van der Waals surface area contributed by atoms with Crippen molar-refractivity contribution < 1.29 is 10.0 Å². The molecule has 0 bridgehead atoms. The molecule has 1 aromatic carbocycles. The summed E-state index contributed by atoms with van der Waals surface area (Å²) in [6, 6.07) is 6.60. The van der Waals surface area contributed by atoms with Crippen molar-refractivity contribution in [2.45, 2.75) is 25.5 Å². The van der Waals surface area contributed by atoms with Crippen LogP contribution in [0, 0.1) is 10.1 Å². The average molecular weight is 260 g/mol. The van der Waals surface area contributed by atoms with Crippen LogP contribution in [0.1, 0.15) is 24.7 Å². The molecule has 0 amide bonds. The lowest BCUT2D eigenvalue weighted by Crippen LogP contribution is -2.03. The fourth-order valence-electron chi connectivity index (χ4n) is 2.10. The molecule has 1 N–H and O–H groups in total. The average Bonchev–Trinajstić information content (AvgIpc) is 3.17. The Morgan fingerprint density at radius 1 is 1.42 bits per heavy atom. The highest BCUT2D eigenvalue weighted by Crippen LogP contribution is 2.39. The molecule has 1 heterocycles. The zero-order valence-corrected chi connectivity index (χ0v) is 10.1. The number of nitro benzene ring substituents is 1. The Hall–Kier alpha value is -2.28. The molecule has 0 saturated heterocycles. The van der Waals surface area contributed by atoms with Gasteiger partial charge in [-0.3, -0.25) is 10.1 Å². The van der Waals surface area contributed by atoms with Crippen LogP contribution in [0.15, 0.2) is 24.3 Å². The van der Waals surface area contributed by atoms with Gasteiger partial charge in [0, 0.05) is 23.7 Å². The maximum absolute atomic E-state index is 10.8. The van der Waals surface area contributed by atoms with E-state index in [-0.39, 0.29) is 12.3 Å². The summed E-state index contributed by atoms with van der Waals surface area (Å²) in [4.78, 5) is 10.4. The van der Waals surface area contributed by atoms with Crippen LogP contribution in [0.5, 0.6) is 0 Å². The predicted molar refractivity (Wildman–Crippen MR) is 66.3 cm³/mol. The Morgan fingerprint density at radius 3 is 2.84 bits per heavy atom. The normalized spacial score (nSPS) is 14.6. The summed E-state index contributed by atoms with van der Waals surface area (Å²) < 4.78 is 1.87. The van der Waals surface area contributed by atoms with Gasteiger partial charge in [-0.2, -0.15) is 0 Å². The van der Waals surface area contributed by atoms with Crippen LogP contribution in [-0.4, -0.2) is 24.8 Å². The van der Waals surface area contributed by atoms with Crippen LogP contribution in [0.25, 0.3) is 11.4 Å². The lowest BCUT2D eigenvalue weighted by atomic mass is 10.2. The van der Waals surface area contributed by atoms with Crippen LogP contribution in [-0.2, 0) is 6.61 Å². The van der Waals surface area contributed by atoms with Crippen molar-refractivity contribution in [3.63, 3.8) is 0 Å². The highest BCUT2D eigenvalue weighted by molar-refractivity contribution is 5.59. The Labute approximate surface area is 108 Å². The maximum Gasteiger partial charge on any atom is 0.270 e. The minimum absolute atomic E-state index is 0.0217. The molecule has 1 fully saturated rings. The predicted octanol–water partition coefficient (Wildman–Crippen LogP) is 1.68. The zero-order valence-electron chi connectivity index (χ0n) is 10.1. The second kappa shape index (κ2) is 4.43. The molecule has 2 aromatic rings. The summed E-state index contributed by atoms with van der Waals surface area (Å²) in [5.41, 5.74) is 0.668. The highest BCUT2D eigenvalue weighted by Gasteiger charge is 2.29. The summed E-state index contributed by atoms with van der Waals surface area (Å²) in [6.45, 7) is -0.182. The van der Waals surface area contributed by atoms with E-state index in [9.17, 15) is 15.2 Å². The number of benzene rings is 1. The molecule has 1 saturated carbocycles. The molecule has 0 unspecified atom stereocenters. The van der Waals surface area contributed by atoms with Crippen LogP contribution in [0.4, 0.5) is 5.69 Å². The van der Waals surface area contributed by atoms with Gasteiger partial charge < -0.3 is 9.67 Å². The van der Waals surface area contributed by atoms with Crippen molar-refractivity contribution in [2.24, 2.45) is 0 Å². The standard InChI is InChI=1S/C12H12N4O3/c17-7-11-13-14-12(15(11)9-4-5-9)8-2-1-3-10(6-8)16(18)19/h1-3,6,9,17H,4-5,7H2. The van der Waals surface area contributed by atoms with Gasteiger partial charge in [0.25, 0.3) is 5.69 Å². The first kappa shape index (κ1) is 11.8. The molecule has 7 nitrogen and oxygen atoms in total. The van der Waals surface area contributed by atoms with Crippen LogP contribution in [0.2, 0.25) is 0 Å². The number of hydrogen-bond acceptors (Lipinski definition) is 5. The Bertz CT molecular complexity index is 634. The van der Waals surface area contributed by atoms with Gasteiger partial charge in [0.1, 0.15) is 6.61 Å². The summed E-state index contributed by atoms with van der Waals surface area (Å²) in [6.07, 6.45) is 2.04. The van der Waals surface area contributed by atoms with Crippen LogP contribution >= 0.6 is 0 Å². The fraction of sp³-hybridized carbons (Fsp3) is 0.333. The number of aliphatic hydroxyl groups excluding tert-OH is 1. The van der Waals surface area contributed by atoms with E-state index in [1.807, 2.05) is 4.57 Å². The number of hydrogen-bond donors (Lipinski definition) is 1. The molecule has 19 heavy (non-hydrogen) atoms. The number of aliphatic hydroxyl groups is 1. The minimum atomic E-state index is -0.436. The van der Waals surface area contributed by atoms with Crippen LogP contribution < -0.4 is 0 Å². The van der Waals surface area contributed by atoms with E-state index in [4.69, 9.17) is 0 Å². The molecule has 98 valence electrons. The molecule has 0 spiro atoms. The van der Waals surface area contributed by atoms with E-state index in [1.165, 1.54) is 12.1 Å². The molecule has 1 aliphatic rings. The molecule has 7 heteroatoms. The lowest BCUT2D eigenvalue weighted by molar-refractivity contribution is -0.384. The third kappa shape index (κ3) is 2.08. The third-order valence-corrected chi connectivity index (χ3v) is 3.14. The van der Waals surface area contributed by atoms with Crippen molar-refractivity contribution in [3.05, 3.63) is 40.2 Å². The van der Waals surface area contributed by atoms with Crippen molar-refractivity contribution in [2.75, 3.05) is 0 Å². The highest BCUT2D eigenvalue weighted by atomic mass is 16.6. The molecule has 0 atom stereocenters. The summed E-state index contributed by atoms with van der Waals surface area (Å²) in [7, 11) is 0. The first-order chi connectivity index (χ1) is 9.20. The fourth-order valence-corrected chi connectivity index (χ4v) is 2.10. The van der Waals surface area contributed by atoms with Crippen molar-refractivity contribution in [1.29, 1.82) is 0 Å². The molecular formula is C12H12N4O3. The van der Waals surface area contributed by atoms with Gasteiger partial charge in [-0.25, -0.2) is 0 Å². The lowest BCUT2D eigenvalue weighted by Gasteiger charge is -2.07. The zero-order chi connectivity index (χ0) is 13.4. The van der Waals surface area contributed by atoms with E-state index in [0.717, 1.165) is 12.8 Å². The van der Waals surface area contributed by atoms with Crippen LogP contribution in [0.3, 0.4) is 0 Å². The SMILES string of the molecule is O=[N+]([O-])c1cccc(-c2nnc(CO)n2C2CC2)c1. The summed E-state index contributed by atoms with van der Waals surface area (Å²) >= 11 is 0. The molecule has 0 aliphatic heterocycles. The minimum Gasteiger partial charge on any atom is -0.388 e. The Kier molecular flexibility index (Phi) is 2.75. The topological polar surface area (TPSA) is 94.1 Å². The molecule has 0 radical (unpaired) electrons. The van der Waals surface area contributed by atoms with Gasteiger partial charge in [-0.1, -0.05) is 12.1 Å².